The number of rotatable bonds is 4. The van der Waals surface area contributed by atoms with Gasteiger partial charge in [-0.3, -0.25) is 14.9 Å². The van der Waals surface area contributed by atoms with E-state index in [0.29, 0.717) is 40.4 Å². The number of hydrogen-bond acceptors (Lipinski definition) is 6. The minimum absolute atomic E-state index is 0.102. The van der Waals surface area contributed by atoms with E-state index in [1.807, 2.05) is 18.2 Å². The van der Waals surface area contributed by atoms with Gasteiger partial charge in [-0.05, 0) is 19.1 Å². The maximum absolute atomic E-state index is 12.1. The number of benzene rings is 1. The molecule has 0 saturated carbocycles. The van der Waals surface area contributed by atoms with Gasteiger partial charge in [0.25, 0.3) is 5.69 Å². The highest BCUT2D eigenvalue weighted by Crippen LogP contribution is 2.36. The average Bonchev–Trinajstić information content (AvgIpc) is 3.38. The van der Waals surface area contributed by atoms with Crippen molar-refractivity contribution in [3.05, 3.63) is 81.9 Å². The van der Waals surface area contributed by atoms with Crippen molar-refractivity contribution in [2.24, 2.45) is 5.10 Å². The van der Waals surface area contributed by atoms with Crippen LogP contribution in [0.5, 0.6) is 0 Å². The summed E-state index contributed by atoms with van der Waals surface area (Å²) in [6.07, 6.45) is 1.93. The monoisotopic (exact) mass is 390 g/mol. The molecule has 29 heavy (non-hydrogen) atoms. The van der Waals surface area contributed by atoms with Gasteiger partial charge in [-0.25, -0.2) is 9.99 Å². The first-order valence-electron chi connectivity index (χ1n) is 9.08. The molecule has 1 amide bonds. The lowest BCUT2D eigenvalue weighted by Gasteiger charge is -2.17. The Morgan fingerprint density at radius 3 is 2.62 bits per heavy atom. The first-order valence-corrected chi connectivity index (χ1v) is 9.08. The van der Waals surface area contributed by atoms with Gasteiger partial charge in [0, 0.05) is 36.2 Å². The van der Waals surface area contributed by atoms with E-state index in [0.717, 1.165) is 0 Å². The van der Waals surface area contributed by atoms with Gasteiger partial charge >= 0.3 is 0 Å². The maximum atomic E-state index is 12.1. The van der Waals surface area contributed by atoms with Crippen LogP contribution in [0.15, 0.2) is 64.3 Å². The summed E-state index contributed by atoms with van der Waals surface area (Å²) < 4.78 is 5.46. The number of hydrazone groups is 1. The fourth-order valence-electron chi connectivity index (χ4n) is 3.50. The van der Waals surface area contributed by atoms with Crippen molar-refractivity contribution in [2.75, 3.05) is 0 Å². The van der Waals surface area contributed by atoms with E-state index in [4.69, 9.17) is 4.42 Å². The number of carbonyl (C=O) groups excluding carboxylic acids is 1. The first-order chi connectivity index (χ1) is 14.0. The highest BCUT2D eigenvalue weighted by Gasteiger charge is 2.35. The molecule has 146 valence electrons. The van der Waals surface area contributed by atoms with Gasteiger partial charge in [0.2, 0.25) is 5.91 Å². The number of pyridine rings is 1. The van der Waals surface area contributed by atoms with Crippen LogP contribution in [-0.2, 0) is 4.79 Å². The molecule has 0 bridgehead atoms. The van der Waals surface area contributed by atoms with Crippen molar-refractivity contribution < 1.29 is 14.1 Å². The van der Waals surface area contributed by atoms with Crippen molar-refractivity contribution >= 4 is 17.3 Å². The summed E-state index contributed by atoms with van der Waals surface area (Å²) in [5, 5.41) is 17.5. The van der Waals surface area contributed by atoms with Crippen molar-refractivity contribution in [1.82, 2.24) is 9.99 Å². The molecule has 4 rings (SSSR count). The van der Waals surface area contributed by atoms with E-state index in [1.54, 1.807) is 31.2 Å². The topological polar surface area (TPSA) is 102 Å². The zero-order valence-corrected chi connectivity index (χ0v) is 15.9. The number of nitro groups is 1. The van der Waals surface area contributed by atoms with Crippen LogP contribution < -0.4 is 0 Å². The quantitative estimate of drug-likeness (QED) is 0.489. The zero-order chi connectivity index (χ0) is 20.5. The third-order valence-corrected chi connectivity index (χ3v) is 4.85. The number of nitrogens with zero attached hydrogens (tertiary/aromatic N) is 4. The van der Waals surface area contributed by atoms with E-state index in [9.17, 15) is 14.9 Å². The van der Waals surface area contributed by atoms with Crippen LogP contribution in [0.3, 0.4) is 0 Å². The fraction of sp³-hybridized carbons (Fsp3) is 0.190. The van der Waals surface area contributed by atoms with Crippen molar-refractivity contribution in [1.29, 1.82) is 0 Å². The predicted molar refractivity (Wildman–Crippen MR) is 106 cm³/mol. The predicted octanol–water partition coefficient (Wildman–Crippen LogP) is 4.26. The van der Waals surface area contributed by atoms with Gasteiger partial charge in [0.1, 0.15) is 17.5 Å². The minimum Gasteiger partial charge on any atom is -0.467 e. The molecule has 0 fully saturated rings. The summed E-state index contributed by atoms with van der Waals surface area (Å²) in [6, 6.07) is 13.7. The van der Waals surface area contributed by atoms with Crippen molar-refractivity contribution in [3.63, 3.8) is 0 Å². The summed E-state index contributed by atoms with van der Waals surface area (Å²) in [5.74, 6) is 0.377. The molecule has 1 unspecified atom stereocenters. The second kappa shape index (κ2) is 7.31. The summed E-state index contributed by atoms with van der Waals surface area (Å²) in [7, 11) is 0. The molecule has 0 aliphatic carbocycles. The van der Waals surface area contributed by atoms with E-state index >= 15 is 0 Å². The van der Waals surface area contributed by atoms with Gasteiger partial charge in [-0.2, -0.15) is 5.10 Å². The van der Waals surface area contributed by atoms with E-state index in [-0.39, 0.29) is 17.6 Å². The molecule has 3 aromatic rings. The normalized spacial score (nSPS) is 16.0. The first kappa shape index (κ1) is 18.5. The lowest BCUT2D eigenvalue weighted by molar-refractivity contribution is -0.384. The molecule has 1 aromatic carbocycles. The molecule has 2 aromatic heterocycles. The lowest BCUT2D eigenvalue weighted by Crippen LogP contribution is -2.23. The maximum Gasteiger partial charge on any atom is 0.296 e. The standard InChI is InChI=1S/C21H18N4O4/c1-13-16(11-19(25(27)28)21(22-13)15-7-4-3-5-8-15)17-12-18(20-9-6-10-29-20)24(23-17)14(2)26/h3-11,18H,12H2,1-2H3. The Morgan fingerprint density at radius 2 is 2.00 bits per heavy atom. The Balaban J connectivity index is 1.79. The second-order valence-electron chi connectivity index (χ2n) is 6.76. The van der Waals surface area contributed by atoms with Crippen LogP contribution in [0.25, 0.3) is 11.3 Å². The largest absolute Gasteiger partial charge is 0.467 e. The van der Waals surface area contributed by atoms with E-state index < -0.39 is 4.92 Å². The fourth-order valence-corrected chi connectivity index (χ4v) is 3.50. The number of hydrogen-bond donors (Lipinski definition) is 0. The third kappa shape index (κ3) is 3.40. The molecule has 1 aliphatic heterocycles. The second-order valence-corrected chi connectivity index (χ2v) is 6.76. The Hall–Kier alpha value is -3.81. The Labute approximate surface area is 166 Å². The molecule has 0 radical (unpaired) electrons. The van der Waals surface area contributed by atoms with Crippen molar-refractivity contribution in [3.8, 4) is 11.3 Å². The highest BCUT2D eigenvalue weighted by atomic mass is 16.6. The van der Waals surface area contributed by atoms with Gasteiger partial charge < -0.3 is 4.42 Å². The molecule has 8 nitrogen and oxygen atoms in total. The molecule has 0 N–H and O–H groups in total. The Morgan fingerprint density at radius 1 is 1.24 bits per heavy atom. The summed E-state index contributed by atoms with van der Waals surface area (Å²) >= 11 is 0. The van der Waals surface area contributed by atoms with Crippen LogP contribution in [0.4, 0.5) is 5.69 Å². The summed E-state index contributed by atoms with van der Waals surface area (Å²) in [4.78, 5) is 27.9. The van der Waals surface area contributed by atoms with Gasteiger partial charge in [0.05, 0.1) is 16.9 Å². The van der Waals surface area contributed by atoms with Crippen LogP contribution in [0, 0.1) is 17.0 Å². The van der Waals surface area contributed by atoms with Crippen LogP contribution in [0.1, 0.15) is 36.4 Å². The third-order valence-electron chi connectivity index (χ3n) is 4.85. The lowest BCUT2D eigenvalue weighted by atomic mass is 9.99. The molecule has 8 heteroatoms. The van der Waals surface area contributed by atoms with Crippen molar-refractivity contribution in [2.45, 2.75) is 26.3 Å². The number of amides is 1. The SMILES string of the molecule is CC(=O)N1N=C(c2cc([N+](=O)[O-])c(-c3ccccc3)nc2C)CC1c1ccco1. The molecule has 0 spiro atoms. The summed E-state index contributed by atoms with van der Waals surface area (Å²) in [6.45, 7) is 3.21. The number of furan rings is 1. The molecular weight excluding hydrogens is 372 g/mol. The van der Waals surface area contributed by atoms with Gasteiger partial charge in [-0.15, -0.1) is 0 Å². The Bertz CT molecular complexity index is 1110. The van der Waals surface area contributed by atoms with Crippen LogP contribution in [0.2, 0.25) is 0 Å². The zero-order valence-electron chi connectivity index (χ0n) is 15.9. The molecule has 0 saturated heterocycles. The molecule has 3 heterocycles. The molecule has 1 aliphatic rings. The number of carbonyl (C=O) groups is 1. The van der Waals surface area contributed by atoms with Crippen LogP contribution in [-0.4, -0.2) is 26.5 Å². The Kier molecular flexibility index (Phi) is 4.67. The number of aromatic nitrogens is 1. The molecular formula is C21H18N4O4. The average molecular weight is 390 g/mol. The number of aryl methyl sites for hydroxylation is 1. The smallest absolute Gasteiger partial charge is 0.296 e. The van der Waals surface area contributed by atoms with Gasteiger partial charge in [-0.1, -0.05) is 30.3 Å². The highest BCUT2D eigenvalue weighted by molar-refractivity contribution is 6.04. The van der Waals surface area contributed by atoms with E-state index in [1.165, 1.54) is 24.3 Å². The van der Waals surface area contributed by atoms with Gasteiger partial charge in [0.15, 0.2) is 0 Å². The summed E-state index contributed by atoms with van der Waals surface area (Å²) in [5.41, 5.74) is 2.60. The minimum atomic E-state index is -0.444. The van der Waals surface area contributed by atoms with Crippen LogP contribution >= 0.6 is 0 Å². The molecule has 1 atom stereocenters. The van der Waals surface area contributed by atoms with E-state index in [2.05, 4.69) is 10.1 Å².